The van der Waals surface area contributed by atoms with Crippen molar-refractivity contribution in [3.05, 3.63) is 135 Å². The van der Waals surface area contributed by atoms with Crippen molar-refractivity contribution in [2.24, 2.45) is 0 Å². The minimum absolute atomic E-state index is 0.00730. The van der Waals surface area contributed by atoms with E-state index in [1.54, 1.807) is 42.4 Å². The number of piperidine rings is 1. The molecule has 1 amide bonds. The highest BCUT2D eigenvalue weighted by molar-refractivity contribution is 7.98. The highest BCUT2D eigenvalue weighted by Gasteiger charge is 2.30. The number of likely N-dealkylation sites (tertiary alicyclic amines) is 1. The lowest BCUT2D eigenvalue weighted by Gasteiger charge is -2.39. The zero-order valence-corrected chi connectivity index (χ0v) is 35.4. The zero-order chi connectivity index (χ0) is 45.6. The molecule has 0 radical (unpaired) electrons. The molecule has 5 N–H and O–H groups in total. The number of H-pyrrole nitrogens is 1. The van der Waals surface area contributed by atoms with Gasteiger partial charge in [0.05, 0.1) is 12.8 Å². The highest BCUT2D eigenvalue weighted by atomic mass is 32.2. The van der Waals surface area contributed by atoms with Gasteiger partial charge in [-0.1, -0.05) is 79.3 Å². The summed E-state index contributed by atoms with van der Waals surface area (Å²) in [5.41, 5.74) is 4.36. The van der Waals surface area contributed by atoms with Gasteiger partial charge in [0, 0.05) is 74.5 Å². The fourth-order valence-corrected chi connectivity index (χ4v) is 7.83. The number of aliphatic hydroxyl groups is 2. The lowest BCUT2D eigenvalue weighted by Crippen LogP contribution is -2.48. The summed E-state index contributed by atoms with van der Waals surface area (Å²) in [6.45, 7) is 4.69. The Hall–Kier alpha value is -5.86. The molecule has 15 nitrogen and oxygen atoms in total. The van der Waals surface area contributed by atoms with Crippen LogP contribution in [0.4, 0.5) is 13.2 Å². The number of nitrogens with one attached hydrogen (secondary N) is 1. The number of aliphatic hydroxyl groups excluding tert-OH is 2. The van der Waals surface area contributed by atoms with Gasteiger partial charge < -0.3 is 39.5 Å². The second-order valence-electron chi connectivity index (χ2n) is 14.8. The summed E-state index contributed by atoms with van der Waals surface area (Å²) in [6.07, 6.45) is 2.03. The second-order valence-corrected chi connectivity index (χ2v) is 15.8. The van der Waals surface area contributed by atoms with Crippen LogP contribution in [0.1, 0.15) is 53.5 Å². The third kappa shape index (κ3) is 13.1. The van der Waals surface area contributed by atoms with Crippen molar-refractivity contribution in [3.63, 3.8) is 0 Å². The molecule has 0 saturated carbocycles. The second kappa shape index (κ2) is 23.0. The molecule has 3 aromatic carbocycles. The molecule has 1 fully saturated rings. The number of rotatable bonds is 18. The first-order chi connectivity index (χ1) is 30.2. The van der Waals surface area contributed by atoms with Gasteiger partial charge in [-0.15, -0.1) is 0 Å². The smallest absolute Gasteiger partial charge is 0.335 e. The van der Waals surface area contributed by atoms with Crippen LogP contribution >= 0.6 is 11.8 Å². The lowest BCUT2D eigenvalue weighted by atomic mass is 9.98. The van der Waals surface area contributed by atoms with Crippen LogP contribution in [0.5, 0.6) is 0 Å². The topological polar surface area (TPSA) is 211 Å². The summed E-state index contributed by atoms with van der Waals surface area (Å²) in [5.74, 6) is -5.97. The minimum Gasteiger partial charge on any atom is -0.479 e. The number of methoxy groups -OCH3 is 1. The first-order valence-electron chi connectivity index (χ1n) is 19.9. The molecular weight excluding hydrogens is 846 g/mol. The Morgan fingerprint density at radius 3 is 2.13 bits per heavy atom. The van der Waals surface area contributed by atoms with E-state index >= 15 is 0 Å². The maximum Gasteiger partial charge on any atom is 0.335 e. The Labute approximate surface area is 365 Å². The number of halogens is 3. The van der Waals surface area contributed by atoms with Crippen molar-refractivity contribution in [1.29, 1.82) is 0 Å². The Morgan fingerprint density at radius 2 is 1.57 bits per heavy atom. The predicted octanol–water partition coefficient (Wildman–Crippen LogP) is 4.84. The average molecular weight is 895 g/mol. The molecule has 1 aliphatic rings. The van der Waals surface area contributed by atoms with Gasteiger partial charge in [-0.25, -0.2) is 22.8 Å². The van der Waals surface area contributed by atoms with Crippen LogP contribution in [0.15, 0.2) is 95.3 Å². The number of carbonyl (C=O) groups is 3. The lowest BCUT2D eigenvalue weighted by molar-refractivity contribution is -0.165. The number of aromatic nitrogens is 4. The number of hydrogen-bond acceptors (Lipinski definition) is 11. The van der Waals surface area contributed by atoms with Gasteiger partial charge in [-0.05, 0) is 46.7 Å². The molecule has 3 atom stereocenters. The molecule has 3 unspecified atom stereocenters. The summed E-state index contributed by atoms with van der Waals surface area (Å²) in [4.78, 5) is 56.1. The van der Waals surface area contributed by atoms with Gasteiger partial charge >= 0.3 is 11.9 Å². The number of hydrogen-bond donors (Lipinski definition) is 5. The largest absolute Gasteiger partial charge is 0.479 e. The molecular formula is C44H49F3N6O9S. The van der Waals surface area contributed by atoms with Gasteiger partial charge in [0.1, 0.15) is 13.2 Å². The number of carboxylic acids is 2. The van der Waals surface area contributed by atoms with E-state index in [9.17, 15) is 32.3 Å². The van der Waals surface area contributed by atoms with Gasteiger partial charge in [-0.3, -0.25) is 14.7 Å². The molecule has 1 aliphatic heterocycles. The van der Waals surface area contributed by atoms with E-state index in [0.29, 0.717) is 24.3 Å². The van der Waals surface area contributed by atoms with E-state index in [1.165, 1.54) is 12.1 Å². The number of aliphatic carboxylic acids is 2. The Kier molecular flexibility index (Phi) is 17.6. The van der Waals surface area contributed by atoms with Crippen molar-refractivity contribution >= 4 is 29.6 Å². The first kappa shape index (κ1) is 48.2. The van der Waals surface area contributed by atoms with E-state index in [1.807, 2.05) is 48.2 Å². The molecule has 0 bridgehead atoms. The van der Waals surface area contributed by atoms with Crippen molar-refractivity contribution in [2.45, 2.75) is 74.6 Å². The van der Waals surface area contributed by atoms with Gasteiger partial charge in [-0.2, -0.15) is 10.1 Å². The molecule has 2 aromatic heterocycles. The number of carboxylic acid groups (broad SMARTS) is 2. The van der Waals surface area contributed by atoms with E-state index < -0.39 is 48.0 Å². The molecule has 19 heteroatoms. The van der Waals surface area contributed by atoms with Gasteiger partial charge in [0.15, 0.2) is 29.0 Å². The van der Waals surface area contributed by atoms with Crippen LogP contribution in [-0.2, 0) is 44.6 Å². The molecule has 1 saturated heterocycles. The summed E-state index contributed by atoms with van der Waals surface area (Å²) < 4.78 is 48.7. The predicted molar refractivity (Wildman–Crippen MR) is 226 cm³/mol. The fraction of sp³-hybridized carbons (Fsp3) is 0.364. The molecule has 0 spiro atoms. The van der Waals surface area contributed by atoms with Crippen LogP contribution in [-0.4, -0.2) is 119 Å². The summed E-state index contributed by atoms with van der Waals surface area (Å²) in [7, 11) is 1.69. The number of amides is 1. The molecule has 0 aliphatic carbocycles. The number of alkyl halides is 1. The molecule has 63 heavy (non-hydrogen) atoms. The molecule has 5 aromatic rings. The van der Waals surface area contributed by atoms with E-state index in [0.717, 1.165) is 72.6 Å². The maximum atomic E-state index is 14.6. The standard InChI is InChI=1S/C40H43F3N6O3S.C4H6O6/c1-27(33-21-44-45-22-33)35-24-48(40(46-39(35)51)53-26-32-4-3-5-36(42)38(32)43)25-37(50)49(34-14-16-47(17-15-34)18-19-52-2)23-29-8-12-31(13-9-29)30-10-6-28(20-41)7-11-30;5-1(3(7)8)2(6)4(9)10/h3-13,21-22,24,27,34H,14-20,23,25-26H2,1-2H3,(H,44,45);1-2,5-6H,(H,7,8)(H,9,10). The average Bonchev–Trinajstić information content (AvgIpc) is 3.84. The van der Waals surface area contributed by atoms with Crippen LogP contribution < -0.4 is 5.56 Å². The third-order valence-corrected chi connectivity index (χ3v) is 11.7. The minimum atomic E-state index is -2.27. The monoisotopic (exact) mass is 894 g/mol. The number of aromatic amines is 1. The van der Waals surface area contributed by atoms with E-state index in [2.05, 4.69) is 20.1 Å². The molecule has 3 heterocycles. The Bertz CT molecular complexity index is 2330. The highest BCUT2D eigenvalue weighted by Crippen LogP contribution is 2.28. The van der Waals surface area contributed by atoms with Crippen LogP contribution in [0.3, 0.4) is 0 Å². The number of nitrogens with zero attached hydrogens (tertiary/aromatic N) is 5. The van der Waals surface area contributed by atoms with E-state index in [-0.39, 0.29) is 40.9 Å². The van der Waals surface area contributed by atoms with Crippen molar-refractivity contribution in [3.8, 4) is 11.1 Å². The van der Waals surface area contributed by atoms with Crippen LogP contribution in [0.25, 0.3) is 11.1 Å². The number of carbonyl (C=O) groups excluding carboxylic acids is 1. The van der Waals surface area contributed by atoms with Gasteiger partial charge in [0.2, 0.25) is 5.91 Å². The van der Waals surface area contributed by atoms with Crippen molar-refractivity contribution in [2.75, 3.05) is 33.4 Å². The summed E-state index contributed by atoms with van der Waals surface area (Å²) >= 11 is 1.07. The van der Waals surface area contributed by atoms with E-state index in [4.69, 9.17) is 25.2 Å². The summed E-state index contributed by atoms with van der Waals surface area (Å²) in [6, 6.07) is 19.3. The number of thioether (sulfide) groups is 1. The number of ether oxygens (including phenoxy) is 1. The third-order valence-electron chi connectivity index (χ3n) is 10.6. The normalized spacial score (nSPS) is 14.6. The van der Waals surface area contributed by atoms with Crippen LogP contribution in [0, 0.1) is 11.6 Å². The quantitative estimate of drug-likeness (QED) is 0.0590. The SMILES string of the molecule is COCCN1CCC(N(Cc2ccc(-c3ccc(CF)cc3)cc2)C(=O)Cn2cc(C(C)c3cn[nH]c3)c(=O)nc2SCc2cccc(F)c2F)CC1.O=C(O)C(O)C(O)C(=O)O. The van der Waals surface area contributed by atoms with Crippen molar-refractivity contribution in [1.82, 2.24) is 29.5 Å². The summed E-state index contributed by atoms with van der Waals surface area (Å²) in [5, 5.41) is 39.6. The Morgan fingerprint density at radius 1 is 0.952 bits per heavy atom. The van der Waals surface area contributed by atoms with Crippen molar-refractivity contribution < 1.29 is 52.7 Å². The fourth-order valence-electron chi connectivity index (χ4n) is 6.89. The maximum absolute atomic E-state index is 14.6. The Balaban J connectivity index is 0.000000667. The van der Waals surface area contributed by atoms with Crippen LogP contribution in [0.2, 0.25) is 0 Å². The first-order valence-corrected chi connectivity index (χ1v) is 20.9. The number of benzene rings is 3. The molecule has 6 rings (SSSR count). The van der Waals surface area contributed by atoms with Gasteiger partial charge in [0.25, 0.3) is 5.56 Å². The molecule has 336 valence electrons. The zero-order valence-electron chi connectivity index (χ0n) is 34.6.